The molecule has 3 aromatic rings. The molecule has 8 heteroatoms. The molecule has 1 aromatic heterocycles. The van der Waals surface area contributed by atoms with Gasteiger partial charge in [0.1, 0.15) is 5.82 Å². The summed E-state index contributed by atoms with van der Waals surface area (Å²) in [6.07, 6.45) is 2.07. The maximum absolute atomic E-state index is 13.4. The van der Waals surface area contributed by atoms with Crippen LogP contribution < -0.4 is 15.5 Å². The van der Waals surface area contributed by atoms with Gasteiger partial charge in [-0.25, -0.2) is 13.8 Å². The molecule has 4 rings (SSSR count). The summed E-state index contributed by atoms with van der Waals surface area (Å²) in [6, 6.07) is 22.7. The second-order valence-electron chi connectivity index (χ2n) is 8.96. The zero-order valence-electron chi connectivity index (χ0n) is 20.0. The highest BCUT2D eigenvalue weighted by molar-refractivity contribution is 5.95. The number of carbonyl (C=O) groups is 1. The molecule has 0 saturated carbocycles. The molecule has 0 aliphatic carbocycles. The zero-order chi connectivity index (χ0) is 25.4. The predicted octanol–water partition coefficient (Wildman–Crippen LogP) is 4.74. The van der Waals surface area contributed by atoms with Gasteiger partial charge in [-0.1, -0.05) is 42.5 Å². The third-order valence-electron chi connectivity index (χ3n) is 6.40. The standard InChI is InChI=1S/C28H29F2N5O/c29-28(30)13-16-35(17-14-28)24-10-11-26(33-19-24)34-27(36)25(23-4-2-1-3-5-23)20-32-15-12-21-6-8-22(18-31)9-7-21/h1-11,19,25,32H,12-17,20H2,(H,33,34,36). The van der Waals surface area contributed by atoms with Crippen LogP contribution in [0.4, 0.5) is 20.3 Å². The maximum Gasteiger partial charge on any atom is 0.251 e. The van der Waals surface area contributed by atoms with Crippen LogP contribution in [0.2, 0.25) is 0 Å². The number of benzene rings is 2. The molecule has 1 fully saturated rings. The van der Waals surface area contributed by atoms with Crippen molar-refractivity contribution in [2.45, 2.75) is 31.1 Å². The molecule has 6 nitrogen and oxygen atoms in total. The van der Waals surface area contributed by atoms with E-state index < -0.39 is 11.8 Å². The Balaban J connectivity index is 1.34. The number of anilines is 2. The first-order valence-electron chi connectivity index (χ1n) is 12.1. The van der Waals surface area contributed by atoms with E-state index in [0.717, 1.165) is 23.2 Å². The van der Waals surface area contributed by atoms with Gasteiger partial charge in [0.2, 0.25) is 5.91 Å². The molecule has 0 spiro atoms. The number of nitrogens with one attached hydrogen (secondary N) is 2. The molecule has 186 valence electrons. The van der Waals surface area contributed by atoms with E-state index in [-0.39, 0.29) is 31.8 Å². The van der Waals surface area contributed by atoms with Crippen LogP contribution in [0.5, 0.6) is 0 Å². The zero-order valence-corrected chi connectivity index (χ0v) is 20.0. The predicted molar refractivity (Wildman–Crippen MR) is 136 cm³/mol. The van der Waals surface area contributed by atoms with Crippen molar-refractivity contribution in [3.63, 3.8) is 0 Å². The molecule has 2 N–H and O–H groups in total. The van der Waals surface area contributed by atoms with E-state index >= 15 is 0 Å². The number of hydrogen-bond donors (Lipinski definition) is 2. The first kappa shape index (κ1) is 25.3. The Labute approximate surface area is 210 Å². The number of piperidine rings is 1. The Morgan fingerprint density at radius 3 is 2.42 bits per heavy atom. The van der Waals surface area contributed by atoms with Gasteiger partial charge in [-0.15, -0.1) is 0 Å². The van der Waals surface area contributed by atoms with Crippen molar-refractivity contribution in [1.29, 1.82) is 5.26 Å². The number of rotatable bonds is 9. The highest BCUT2D eigenvalue weighted by Gasteiger charge is 2.34. The van der Waals surface area contributed by atoms with Crippen LogP contribution in [0.15, 0.2) is 72.9 Å². The lowest BCUT2D eigenvalue weighted by molar-refractivity contribution is -0.117. The fraction of sp³-hybridized carbons (Fsp3) is 0.321. The summed E-state index contributed by atoms with van der Waals surface area (Å²) in [5.41, 5.74) is 3.41. The Morgan fingerprint density at radius 1 is 1.06 bits per heavy atom. The number of hydrogen-bond acceptors (Lipinski definition) is 5. The molecule has 1 atom stereocenters. The number of halogens is 2. The van der Waals surface area contributed by atoms with Crippen LogP contribution in [0.3, 0.4) is 0 Å². The first-order chi connectivity index (χ1) is 17.4. The largest absolute Gasteiger partial charge is 0.370 e. The van der Waals surface area contributed by atoms with Crippen LogP contribution >= 0.6 is 0 Å². The van der Waals surface area contributed by atoms with Crippen LogP contribution in [0.1, 0.15) is 35.4 Å². The van der Waals surface area contributed by atoms with Gasteiger partial charge in [0.15, 0.2) is 0 Å². The Kier molecular flexibility index (Phi) is 8.24. The summed E-state index contributed by atoms with van der Waals surface area (Å²) < 4.78 is 26.9. The van der Waals surface area contributed by atoms with Crippen molar-refractivity contribution in [1.82, 2.24) is 10.3 Å². The van der Waals surface area contributed by atoms with Crippen LogP contribution in [0.25, 0.3) is 0 Å². The molecule has 0 radical (unpaired) electrons. The minimum absolute atomic E-state index is 0.164. The Bertz CT molecular complexity index is 1170. The minimum atomic E-state index is -2.60. The van der Waals surface area contributed by atoms with E-state index in [1.807, 2.05) is 47.4 Å². The van der Waals surface area contributed by atoms with E-state index in [2.05, 4.69) is 21.7 Å². The lowest BCUT2D eigenvalue weighted by atomic mass is 9.98. The van der Waals surface area contributed by atoms with Crippen molar-refractivity contribution in [2.24, 2.45) is 0 Å². The molecule has 1 amide bonds. The minimum Gasteiger partial charge on any atom is -0.370 e. The number of amides is 1. The number of aromatic nitrogens is 1. The summed E-state index contributed by atoms with van der Waals surface area (Å²) in [7, 11) is 0. The summed E-state index contributed by atoms with van der Waals surface area (Å²) in [4.78, 5) is 19.4. The average Bonchev–Trinajstić information content (AvgIpc) is 2.90. The summed E-state index contributed by atoms with van der Waals surface area (Å²) >= 11 is 0. The lowest BCUT2D eigenvalue weighted by Gasteiger charge is -2.33. The number of nitriles is 1. The van der Waals surface area contributed by atoms with E-state index in [1.54, 1.807) is 30.5 Å². The molecule has 1 aliphatic rings. The van der Waals surface area contributed by atoms with E-state index in [0.29, 0.717) is 24.5 Å². The van der Waals surface area contributed by atoms with Crippen molar-refractivity contribution in [3.05, 3.63) is 89.6 Å². The monoisotopic (exact) mass is 489 g/mol. The third-order valence-corrected chi connectivity index (χ3v) is 6.40. The van der Waals surface area contributed by atoms with Crippen molar-refractivity contribution in [2.75, 3.05) is 36.4 Å². The summed E-state index contributed by atoms with van der Waals surface area (Å²) in [6.45, 7) is 1.70. The van der Waals surface area contributed by atoms with Crippen molar-refractivity contribution >= 4 is 17.4 Å². The first-order valence-corrected chi connectivity index (χ1v) is 12.1. The van der Waals surface area contributed by atoms with Gasteiger partial charge in [0, 0.05) is 32.5 Å². The molecule has 2 heterocycles. The lowest BCUT2D eigenvalue weighted by Crippen LogP contribution is -2.39. The van der Waals surface area contributed by atoms with Crippen LogP contribution in [-0.4, -0.2) is 43.0 Å². The van der Waals surface area contributed by atoms with Gasteiger partial charge in [-0.2, -0.15) is 5.26 Å². The van der Waals surface area contributed by atoms with Crippen LogP contribution in [0, 0.1) is 11.3 Å². The van der Waals surface area contributed by atoms with Crippen LogP contribution in [-0.2, 0) is 11.2 Å². The second-order valence-corrected chi connectivity index (χ2v) is 8.96. The molecule has 0 bridgehead atoms. The second kappa shape index (κ2) is 11.7. The highest BCUT2D eigenvalue weighted by Crippen LogP contribution is 2.30. The SMILES string of the molecule is N#Cc1ccc(CCNCC(C(=O)Nc2ccc(N3CCC(F)(F)CC3)cn2)c2ccccc2)cc1. The van der Waals surface area contributed by atoms with E-state index in [1.165, 1.54) is 0 Å². The number of pyridine rings is 1. The van der Waals surface area contributed by atoms with Gasteiger partial charge in [0.05, 0.1) is 29.4 Å². The quantitative estimate of drug-likeness (QED) is 0.424. The molecule has 1 aliphatic heterocycles. The molecule has 1 saturated heterocycles. The van der Waals surface area contributed by atoms with Gasteiger partial charge in [0.25, 0.3) is 5.92 Å². The fourth-order valence-corrected chi connectivity index (χ4v) is 4.22. The maximum atomic E-state index is 13.4. The Hall–Kier alpha value is -3.83. The smallest absolute Gasteiger partial charge is 0.251 e. The molecular formula is C28H29F2N5O. The number of carbonyl (C=O) groups excluding carboxylic acids is 1. The van der Waals surface area contributed by atoms with Gasteiger partial charge in [-0.05, 0) is 48.4 Å². The molecular weight excluding hydrogens is 460 g/mol. The van der Waals surface area contributed by atoms with Gasteiger partial charge >= 0.3 is 0 Å². The fourth-order valence-electron chi connectivity index (χ4n) is 4.22. The topological polar surface area (TPSA) is 81.0 Å². The van der Waals surface area contributed by atoms with E-state index in [4.69, 9.17) is 5.26 Å². The molecule has 1 unspecified atom stereocenters. The van der Waals surface area contributed by atoms with Gasteiger partial charge in [-0.3, -0.25) is 4.79 Å². The molecule has 2 aromatic carbocycles. The normalized spacial score (nSPS) is 15.6. The average molecular weight is 490 g/mol. The Morgan fingerprint density at radius 2 is 1.78 bits per heavy atom. The summed E-state index contributed by atoms with van der Waals surface area (Å²) in [5, 5.41) is 15.2. The highest BCUT2D eigenvalue weighted by atomic mass is 19.3. The van der Waals surface area contributed by atoms with Crippen molar-refractivity contribution < 1.29 is 13.6 Å². The van der Waals surface area contributed by atoms with E-state index in [9.17, 15) is 13.6 Å². The number of nitrogens with zero attached hydrogens (tertiary/aromatic N) is 3. The van der Waals surface area contributed by atoms with Gasteiger partial charge < -0.3 is 15.5 Å². The van der Waals surface area contributed by atoms with Crippen molar-refractivity contribution in [3.8, 4) is 6.07 Å². The third kappa shape index (κ3) is 6.86. The molecule has 36 heavy (non-hydrogen) atoms. The number of alkyl halides is 2. The summed E-state index contributed by atoms with van der Waals surface area (Å²) in [5.74, 6) is -2.77.